The standard InChI is InChI=1S/C44H56F2N8O4/c45-36-26-33(48-38-13-14-39(55)50-41(38)56)11-12-35(36)29-15-21-52(22-16-29)28-44(58)17-23-54(24-18-44)42(57)30-7-9-32(10-8-30)49-43-47-27-37(46)40(51-43)31-5-4-6-34(25-31)53-19-2-1-3-20-53/h4-6,11-12,25-27,29-30,32,38,48,58H,1-3,7-10,13-24,28H2,(H,47,49,51)(H,50,55,56). The van der Waals surface area contributed by atoms with Crippen LogP contribution in [0.5, 0.6) is 0 Å². The number of hydrogen-bond donors (Lipinski definition) is 4. The molecule has 1 atom stereocenters. The van der Waals surface area contributed by atoms with Gasteiger partial charge in [-0.25, -0.2) is 18.7 Å². The maximum absolute atomic E-state index is 15.3. The first-order valence-electron chi connectivity index (χ1n) is 21.4. The van der Waals surface area contributed by atoms with Gasteiger partial charge in [-0.15, -0.1) is 0 Å². The summed E-state index contributed by atoms with van der Waals surface area (Å²) in [5.41, 5.74) is 2.41. The summed E-state index contributed by atoms with van der Waals surface area (Å²) in [5.74, 6) is -0.876. The molecule has 4 N–H and O–H groups in total. The smallest absolute Gasteiger partial charge is 0.249 e. The second-order valence-electron chi connectivity index (χ2n) is 17.2. The molecular formula is C44H56F2N8O4. The van der Waals surface area contributed by atoms with Crippen molar-refractivity contribution in [2.24, 2.45) is 5.92 Å². The minimum absolute atomic E-state index is 0.0619. The summed E-state index contributed by atoms with van der Waals surface area (Å²) >= 11 is 0. The number of anilines is 3. The largest absolute Gasteiger partial charge is 0.388 e. The number of halogens is 2. The van der Waals surface area contributed by atoms with Gasteiger partial charge in [0.15, 0.2) is 5.82 Å². The molecule has 1 unspecified atom stereocenters. The Balaban J connectivity index is 0.766. The van der Waals surface area contributed by atoms with Gasteiger partial charge in [0, 0.05) is 68.0 Å². The van der Waals surface area contributed by atoms with Crippen LogP contribution in [0.3, 0.4) is 0 Å². The topological polar surface area (TPSA) is 143 Å². The summed E-state index contributed by atoms with van der Waals surface area (Å²) < 4.78 is 30.3. The Morgan fingerprint density at radius 1 is 0.862 bits per heavy atom. The molecular weight excluding hydrogens is 743 g/mol. The molecule has 0 radical (unpaired) electrons. The number of carbonyl (C=O) groups excluding carboxylic acids is 3. The molecule has 1 saturated carbocycles. The van der Waals surface area contributed by atoms with Gasteiger partial charge in [0.2, 0.25) is 23.7 Å². The van der Waals surface area contributed by atoms with Gasteiger partial charge in [-0.3, -0.25) is 19.7 Å². The van der Waals surface area contributed by atoms with Gasteiger partial charge in [0.25, 0.3) is 0 Å². The zero-order valence-electron chi connectivity index (χ0n) is 33.2. The highest BCUT2D eigenvalue weighted by atomic mass is 19.1. The predicted molar refractivity (Wildman–Crippen MR) is 218 cm³/mol. The summed E-state index contributed by atoms with van der Waals surface area (Å²) in [4.78, 5) is 52.6. The van der Waals surface area contributed by atoms with Gasteiger partial charge in [-0.2, -0.15) is 0 Å². The summed E-state index contributed by atoms with van der Waals surface area (Å²) in [5, 5.41) is 20.4. The average molecular weight is 799 g/mol. The van der Waals surface area contributed by atoms with Crippen molar-refractivity contribution in [2.45, 2.75) is 107 Å². The molecule has 5 heterocycles. The fourth-order valence-corrected chi connectivity index (χ4v) is 9.67. The number of amides is 3. The third-order valence-electron chi connectivity index (χ3n) is 13.1. The van der Waals surface area contributed by atoms with Crippen molar-refractivity contribution in [2.75, 3.05) is 61.3 Å². The highest BCUT2D eigenvalue weighted by molar-refractivity contribution is 6.01. The lowest BCUT2D eigenvalue weighted by molar-refractivity contribution is -0.141. The third kappa shape index (κ3) is 9.44. The number of nitrogens with zero attached hydrogens (tertiary/aromatic N) is 5. The average Bonchev–Trinajstić information content (AvgIpc) is 3.24. The first-order valence-corrected chi connectivity index (χ1v) is 21.4. The van der Waals surface area contributed by atoms with Crippen molar-refractivity contribution >= 4 is 35.0 Å². The zero-order valence-corrected chi connectivity index (χ0v) is 33.2. The van der Waals surface area contributed by atoms with Crippen LogP contribution >= 0.6 is 0 Å². The van der Waals surface area contributed by atoms with Gasteiger partial charge in [0.1, 0.15) is 17.6 Å². The fraction of sp³-hybridized carbons (Fsp3) is 0.568. The Bertz CT molecular complexity index is 1950. The molecule has 3 amide bonds. The van der Waals surface area contributed by atoms with Crippen LogP contribution in [-0.2, 0) is 14.4 Å². The number of imide groups is 1. The molecule has 5 fully saturated rings. The van der Waals surface area contributed by atoms with Gasteiger partial charge in [-0.1, -0.05) is 18.2 Å². The number of β-amino-alcohol motifs (C(OH)–C–C–N with tert-alkyl or cyclic N) is 1. The minimum Gasteiger partial charge on any atom is -0.388 e. The third-order valence-corrected chi connectivity index (χ3v) is 13.1. The van der Waals surface area contributed by atoms with E-state index in [0.29, 0.717) is 56.1 Å². The summed E-state index contributed by atoms with van der Waals surface area (Å²) in [6.45, 7) is 5.10. The van der Waals surface area contributed by atoms with E-state index in [1.165, 1.54) is 18.7 Å². The fourth-order valence-electron chi connectivity index (χ4n) is 9.67. The molecule has 0 spiro atoms. The number of nitrogens with one attached hydrogen (secondary N) is 3. The molecule has 310 valence electrons. The van der Waals surface area contributed by atoms with Crippen molar-refractivity contribution < 1.29 is 28.3 Å². The Morgan fingerprint density at radius 3 is 2.34 bits per heavy atom. The molecule has 14 heteroatoms. The molecule has 4 aliphatic heterocycles. The maximum Gasteiger partial charge on any atom is 0.249 e. The Hall–Kier alpha value is -4.69. The molecule has 58 heavy (non-hydrogen) atoms. The summed E-state index contributed by atoms with van der Waals surface area (Å²) in [7, 11) is 0. The highest BCUT2D eigenvalue weighted by Gasteiger charge is 2.39. The van der Waals surface area contributed by atoms with E-state index in [4.69, 9.17) is 0 Å². The number of aromatic nitrogens is 2. The van der Waals surface area contributed by atoms with E-state index in [1.807, 2.05) is 23.1 Å². The van der Waals surface area contributed by atoms with E-state index in [0.717, 1.165) is 88.8 Å². The monoisotopic (exact) mass is 798 g/mol. The normalized spacial score (nSPS) is 24.6. The van der Waals surface area contributed by atoms with Crippen LogP contribution in [0.2, 0.25) is 0 Å². The lowest BCUT2D eigenvalue weighted by Gasteiger charge is -2.43. The predicted octanol–water partition coefficient (Wildman–Crippen LogP) is 5.83. The van der Waals surface area contributed by atoms with Crippen molar-refractivity contribution in [1.82, 2.24) is 25.1 Å². The lowest BCUT2D eigenvalue weighted by Crippen LogP contribution is -2.54. The maximum atomic E-state index is 15.3. The van der Waals surface area contributed by atoms with E-state index in [-0.39, 0.29) is 47.6 Å². The number of rotatable bonds is 10. The molecule has 1 aliphatic carbocycles. The van der Waals surface area contributed by atoms with Crippen LogP contribution in [0.1, 0.15) is 95.0 Å². The van der Waals surface area contributed by atoms with E-state index in [9.17, 15) is 23.9 Å². The number of benzene rings is 2. The van der Waals surface area contributed by atoms with Crippen molar-refractivity contribution in [3.63, 3.8) is 0 Å². The quantitative estimate of drug-likeness (QED) is 0.185. The van der Waals surface area contributed by atoms with Gasteiger partial charge >= 0.3 is 0 Å². The number of likely N-dealkylation sites (tertiary alicyclic amines) is 2. The van der Waals surface area contributed by atoms with Crippen molar-refractivity contribution in [1.29, 1.82) is 0 Å². The van der Waals surface area contributed by atoms with Gasteiger partial charge < -0.3 is 30.4 Å². The van der Waals surface area contributed by atoms with Crippen LogP contribution in [0.4, 0.5) is 26.1 Å². The zero-order chi connectivity index (χ0) is 40.2. The molecule has 12 nitrogen and oxygen atoms in total. The first kappa shape index (κ1) is 40.1. The van der Waals surface area contributed by atoms with Crippen LogP contribution in [0.15, 0.2) is 48.7 Å². The van der Waals surface area contributed by atoms with Gasteiger partial charge in [0.05, 0.1) is 11.8 Å². The second kappa shape index (κ2) is 17.7. The second-order valence-corrected chi connectivity index (χ2v) is 17.2. The van der Waals surface area contributed by atoms with Crippen LogP contribution < -0.4 is 20.9 Å². The van der Waals surface area contributed by atoms with Crippen LogP contribution in [0, 0.1) is 17.6 Å². The highest BCUT2D eigenvalue weighted by Crippen LogP contribution is 2.35. The van der Waals surface area contributed by atoms with E-state index >= 15 is 4.39 Å². The molecule has 5 aliphatic rings. The molecule has 2 aromatic carbocycles. The Morgan fingerprint density at radius 2 is 1.62 bits per heavy atom. The van der Waals surface area contributed by atoms with Crippen LogP contribution in [-0.4, -0.2) is 106 Å². The number of aliphatic hydroxyl groups is 1. The SMILES string of the molecule is O=C1CCC(Nc2ccc(C3CCN(CC4(O)CCN(C(=O)C5CCC(Nc6ncc(F)c(-c7cccc(N8CCCCC8)c7)n6)CC5)CC4)CC3)c(F)c2)C(=O)N1. The molecule has 1 aromatic heterocycles. The van der Waals surface area contributed by atoms with Crippen molar-refractivity contribution in [3.05, 3.63) is 65.9 Å². The Labute approximate surface area is 339 Å². The molecule has 4 saturated heterocycles. The molecule has 0 bridgehead atoms. The van der Waals surface area contributed by atoms with E-state index in [2.05, 4.69) is 41.8 Å². The van der Waals surface area contributed by atoms with Gasteiger partial charge in [-0.05, 0) is 126 Å². The minimum atomic E-state index is -0.872. The number of carbonyl (C=O) groups is 3. The summed E-state index contributed by atoms with van der Waals surface area (Å²) in [6.07, 6.45) is 11.1. The number of piperidine rings is 4. The molecule has 3 aromatic rings. The lowest BCUT2D eigenvalue weighted by atomic mass is 9.83. The molecule has 8 rings (SSSR count). The first-order chi connectivity index (χ1) is 28.1. The van der Waals surface area contributed by atoms with Crippen LogP contribution in [0.25, 0.3) is 11.3 Å². The van der Waals surface area contributed by atoms with Crippen molar-refractivity contribution in [3.8, 4) is 11.3 Å². The number of hydrogen-bond acceptors (Lipinski definition) is 10. The van der Waals surface area contributed by atoms with E-state index in [1.54, 1.807) is 12.1 Å². The Kier molecular flexibility index (Phi) is 12.2. The van der Waals surface area contributed by atoms with E-state index < -0.39 is 23.4 Å². The summed E-state index contributed by atoms with van der Waals surface area (Å²) in [6, 6.07) is 12.5.